The quantitative estimate of drug-likeness (QED) is 0.691. The number of ether oxygens (including phenoxy) is 1. The Morgan fingerprint density at radius 3 is 2.57 bits per heavy atom. The Balaban J connectivity index is 3.30. The lowest BCUT2D eigenvalue weighted by molar-refractivity contribution is 0.0602. The molecule has 0 aliphatic heterocycles. The zero-order valence-corrected chi connectivity index (χ0v) is 8.11. The van der Waals surface area contributed by atoms with Gasteiger partial charge in [-0.05, 0) is 12.1 Å². The molecule has 6 heteroatoms. The summed E-state index contributed by atoms with van der Waals surface area (Å²) in [5.74, 6) is -0.616. The number of rotatable bonds is 2. The molecule has 0 heterocycles. The molecule has 1 rings (SSSR count). The molecule has 0 aliphatic rings. The Morgan fingerprint density at radius 1 is 1.36 bits per heavy atom. The Morgan fingerprint density at radius 2 is 2.00 bits per heavy atom. The summed E-state index contributed by atoms with van der Waals surface area (Å²) in [5.41, 5.74) is 0.201. The van der Waals surface area contributed by atoms with Crippen molar-refractivity contribution in [2.75, 3.05) is 7.11 Å². The maximum atomic E-state index is 11.1. The van der Waals surface area contributed by atoms with Gasteiger partial charge >= 0.3 is 16.5 Å². The predicted molar refractivity (Wildman–Crippen MR) is 48.8 cm³/mol. The van der Waals surface area contributed by atoms with E-state index < -0.39 is 16.5 Å². The van der Waals surface area contributed by atoms with E-state index in [-0.39, 0.29) is 11.3 Å². The van der Waals surface area contributed by atoms with Gasteiger partial charge in [0, 0.05) is 0 Å². The Hall–Kier alpha value is -1.69. The van der Waals surface area contributed by atoms with Crippen molar-refractivity contribution in [3.05, 3.63) is 29.8 Å². The van der Waals surface area contributed by atoms with E-state index in [0.717, 1.165) is 0 Å². The second-order valence-electron chi connectivity index (χ2n) is 2.32. The van der Waals surface area contributed by atoms with Crippen LogP contribution in [0.5, 0.6) is 0 Å². The number of carbonyl (C=O) groups is 1. The van der Waals surface area contributed by atoms with Gasteiger partial charge in [-0.15, -0.1) is 4.36 Å². The van der Waals surface area contributed by atoms with Crippen LogP contribution >= 0.6 is 0 Å². The van der Waals surface area contributed by atoms with Crippen LogP contribution < -0.4 is 0 Å². The minimum absolute atomic E-state index is 0.0766. The van der Waals surface area contributed by atoms with Crippen molar-refractivity contribution in [2.45, 2.75) is 0 Å². The first-order chi connectivity index (χ1) is 6.65. The SMILES string of the molecule is COC(=O)c1ccccc1N=S(=O)=O. The molecule has 74 valence electrons. The average Bonchev–Trinajstić information content (AvgIpc) is 2.16. The van der Waals surface area contributed by atoms with Gasteiger partial charge in [-0.2, -0.15) is 8.42 Å². The molecule has 1 aromatic carbocycles. The molecule has 0 aromatic heterocycles. The first-order valence-corrected chi connectivity index (χ1v) is 4.67. The fourth-order valence-electron chi connectivity index (χ4n) is 0.916. The van der Waals surface area contributed by atoms with Gasteiger partial charge < -0.3 is 4.74 Å². The molecule has 0 N–H and O–H groups in total. The summed E-state index contributed by atoms with van der Waals surface area (Å²) < 4.78 is 28.3. The van der Waals surface area contributed by atoms with Crippen LogP contribution in [0.2, 0.25) is 0 Å². The van der Waals surface area contributed by atoms with E-state index in [2.05, 4.69) is 9.10 Å². The van der Waals surface area contributed by atoms with Gasteiger partial charge in [0.25, 0.3) is 0 Å². The maximum Gasteiger partial charge on any atom is 0.340 e. The highest BCUT2D eigenvalue weighted by molar-refractivity contribution is 7.61. The van der Waals surface area contributed by atoms with Crippen molar-refractivity contribution >= 4 is 22.2 Å². The number of nitrogens with zero attached hydrogens (tertiary/aromatic N) is 1. The van der Waals surface area contributed by atoms with E-state index in [1.807, 2.05) is 0 Å². The van der Waals surface area contributed by atoms with E-state index >= 15 is 0 Å². The third-order valence-corrected chi connectivity index (χ3v) is 1.83. The monoisotopic (exact) mass is 213 g/mol. The third kappa shape index (κ3) is 2.40. The molecule has 0 spiro atoms. The van der Waals surface area contributed by atoms with Crippen LogP contribution in [0.25, 0.3) is 0 Å². The second kappa shape index (κ2) is 4.52. The van der Waals surface area contributed by atoms with Crippen LogP contribution in [0.3, 0.4) is 0 Å². The molecule has 5 nitrogen and oxygen atoms in total. The first kappa shape index (κ1) is 10.4. The average molecular weight is 213 g/mol. The number of esters is 1. The summed E-state index contributed by atoms with van der Waals surface area (Å²) >= 11 is 0. The van der Waals surface area contributed by atoms with Crippen molar-refractivity contribution in [1.82, 2.24) is 0 Å². The Labute approximate surface area is 82.0 Å². The summed E-state index contributed by atoms with van der Waals surface area (Å²) in [7, 11) is -1.36. The number of hydrogen-bond donors (Lipinski definition) is 0. The number of benzene rings is 1. The largest absolute Gasteiger partial charge is 0.465 e. The maximum absolute atomic E-state index is 11.1. The highest BCUT2D eigenvalue weighted by Crippen LogP contribution is 2.18. The molecule has 14 heavy (non-hydrogen) atoms. The molecular weight excluding hydrogens is 206 g/mol. The minimum atomic E-state index is -2.58. The topological polar surface area (TPSA) is 72.8 Å². The minimum Gasteiger partial charge on any atom is -0.465 e. The normalized spacial score (nSPS) is 9.21. The molecule has 1 aromatic rings. The number of carbonyl (C=O) groups excluding carboxylic acids is 1. The van der Waals surface area contributed by atoms with Gasteiger partial charge in [0.1, 0.15) is 0 Å². The highest BCUT2D eigenvalue weighted by Gasteiger charge is 2.09. The molecule has 0 radical (unpaired) electrons. The van der Waals surface area contributed by atoms with Crippen molar-refractivity contribution < 1.29 is 17.9 Å². The van der Waals surface area contributed by atoms with Crippen LogP contribution in [0, 0.1) is 0 Å². The van der Waals surface area contributed by atoms with Gasteiger partial charge in [-0.1, -0.05) is 12.1 Å². The lowest BCUT2D eigenvalue weighted by Gasteiger charge is -2.00. The van der Waals surface area contributed by atoms with Crippen LogP contribution in [-0.2, 0) is 15.2 Å². The Kier molecular flexibility index (Phi) is 3.35. The molecule has 0 bridgehead atoms. The molecule has 0 saturated heterocycles. The fraction of sp³-hybridized carbons (Fsp3) is 0.125. The van der Waals surface area contributed by atoms with Crippen molar-refractivity contribution in [2.24, 2.45) is 4.36 Å². The molecular formula is C8H7NO4S. The predicted octanol–water partition coefficient (Wildman–Crippen LogP) is 1.17. The molecule has 0 aliphatic carbocycles. The molecule has 0 fully saturated rings. The lowest BCUT2D eigenvalue weighted by Crippen LogP contribution is -2.00. The van der Waals surface area contributed by atoms with E-state index in [4.69, 9.17) is 0 Å². The standard InChI is InChI=1S/C8H7NO4S/c1-13-8(10)6-4-2-3-5-7(6)9-14(11)12/h2-5H,1H3. The fourth-order valence-corrected chi connectivity index (χ4v) is 1.24. The molecule has 0 atom stereocenters. The molecule has 0 amide bonds. The van der Waals surface area contributed by atoms with Crippen molar-refractivity contribution in [3.63, 3.8) is 0 Å². The smallest absolute Gasteiger partial charge is 0.340 e. The molecule has 0 saturated carbocycles. The summed E-state index contributed by atoms with van der Waals surface area (Å²) in [6, 6.07) is 6.04. The van der Waals surface area contributed by atoms with Crippen LogP contribution in [0.15, 0.2) is 28.6 Å². The summed E-state index contributed by atoms with van der Waals surface area (Å²) in [6.45, 7) is 0. The number of methoxy groups -OCH3 is 1. The van der Waals surface area contributed by atoms with E-state index in [0.29, 0.717) is 0 Å². The van der Waals surface area contributed by atoms with Crippen molar-refractivity contribution in [3.8, 4) is 0 Å². The van der Waals surface area contributed by atoms with E-state index in [9.17, 15) is 13.2 Å². The summed E-state index contributed by atoms with van der Waals surface area (Å²) in [4.78, 5) is 11.1. The Bertz CT molecular complexity index is 470. The van der Waals surface area contributed by atoms with Gasteiger partial charge in [0.2, 0.25) is 0 Å². The van der Waals surface area contributed by atoms with Gasteiger partial charge in [-0.3, -0.25) is 0 Å². The van der Waals surface area contributed by atoms with Gasteiger partial charge in [0.05, 0.1) is 18.4 Å². The van der Waals surface area contributed by atoms with Crippen LogP contribution in [0.4, 0.5) is 5.69 Å². The van der Waals surface area contributed by atoms with Gasteiger partial charge in [-0.25, -0.2) is 4.79 Å². The van der Waals surface area contributed by atoms with E-state index in [1.165, 1.54) is 19.2 Å². The van der Waals surface area contributed by atoms with E-state index in [1.54, 1.807) is 12.1 Å². The van der Waals surface area contributed by atoms with Crippen molar-refractivity contribution in [1.29, 1.82) is 0 Å². The lowest BCUT2D eigenvalue weighted by atomic mass is 10.2. The molecule has 0 unspecified atom stereocenters. The second-order valence-corrected chi connectivity index (χ2v) is 2.93. The summed E-state index contributed by atoms with van der Waals surface area (Å²) in [6.07, 6.45) is 0. The third-order valence-electron chi connectivity index (χ3n) is 1.48. The summed E-state index contributed by atoms with van der Waals surface area (Å²) in [5, 5.41) is 0. The highest BCUT2D eigenvalue weighted by atomic mass is 32.2. The zero-order valence-electron chi connectivity index (χ0n) is 7.30. The number of hydrogen-bond acceptors (Lipinski definition) is 5. The van der Waals surface area contributed by atoms with Gasteiger partial charge in [0.15, 0.2) is 0 Å². The van der Waals surface area contributed by atoms with Crippen LogP contribution in [-0.4, -0.2) is 21.5 Å². The van der Waals surface area contributed by atoms with Crippen LogP contribution in [0.1, 0.15) is 10.4 Å². The first-order valence-electron chi connectivity index (χ1n) is 3.63. The zero-order chi connectivity index (χ0) is 10.6.